The Balaban J connectivity index is 2.41. The molecule has 0 heterocycles. The molecule has 1 aliphatic carbocycles. The Hall–Kier alpha value is -0.690. The van der Waals surface area contributed by atoms with E-state index in [4.69, 9.17) is 16.7 Å². The van der Waals surface area contributed by atoms with Crippen molar-refractivity contribution >= 4 is 21.6 Å². The van der Waals surface area contributed by atoms with Crippen LogP contribution < -0.4 is 0 Å². The Kier molecular flexibility index (Phi) is 4.45. The van der Waals surface area contributed by atoms with Crippen LogP contribution >= 0.6 is 11.6 Å². The van der Waals surface area contributed by atoms with Crippen LogP contribution in [-0.2, 0) is 10.0 Å². The number of benzene rings is 1. The van der Waals surface area contributed by atoms with Crippen molar-refractivity contribution in [1.82, 2.24) is 4.31 Å². The van der Waals surface area contributed by atoms with Gasteiger partial charge in [-0.15, -0.1) is 0 Å². The predicted molar refractivity (Wildman–Crippen MR) is 70.0 cm³/mol. The van der Waals surface area contributed by atoms with Crippen LogP contribution in [0.3, 0.4) is 0 Å². The largest absolute Gasteiger partial charge is 0.395 e. The summed E-state index contributed by atoms with van der Waals surface area (Å²) in [5.74, 6) is -0.938. The molecule has 7 heteroatoms. The lowest BCUT2D eigenvalue weighted by Crippen LogP contribution is -2.45. The van der Waals surface area contributed by atoms with Gasteiger partial charge in [-0.25, -0.2) is 12.8 Å². The van der Waals surface area contributed by atoms with Crippen molar-refractivity contribution in [3.05, 3.63) is 29.0 Å². The van der Waals surface area contributed by atoms with Crippen LogP contribution in [0.25, 0.3) is 0 Å². The lowest BCUT2D eigenvalue weighted by molar-refractivity contribution is 0.178. The number of rotatable bonds is 5. The Morgan fingerprint density at radius 2 is 2.11 bits per heavy atom. The second-order valence-corrected chi connectivity index (χ2v) is 6.74. The summed E-state index contributed by atoms with van der Waals surface area (Å²) in [5, 5.41) is 8.79. The highest BCUT2D eigenvalue weighted by molar-refractivity contribution is 7.89. The Morgan fingerprint density at radius 1 is 1.42 bits per heavy atom. The minimum Gasteiger partial charge on any atom is -0.395 e. The van der Waals surface area contributed by atoms with Gasteiger partial charge < -0.3 is 5.11 Å². The molecule has 19 heavy (non-hydrogen) atoms. The minimum atomic E-state index is -3.96. The first-order valence-corrected chi connectivity index (χ1v) is 7.87. The van der Waals surface area contributed by atoms with Gasteiger partial charge in [-0.1, -0.05) is 24.1 Å². The average Bonchev–Trinajstić information content (AvgIpc) is 2.29. The quantitative estimate of drug-likeness (QED) is 0.905. The van der Waals surface area contributed by atoms with Crippen LogP contribution in [0.1, 0.15) is 19.3 Å². The van der Waals surface area contributed by atoms with E-state index in [1.54, 1.807) is 0 Å². The van der Waals surface area contributed by atoms with Crippen molar-refractivity contribution in [3.8, 4) is 0 Å². The third-order valence-corrected chi connectivity index (χ3v) is 5.57. The molecule has 106 valence electrons. The van der Waals surface area contributed by atoms with Crippen LogP contribution in [0.5, 0.6) is 0 Å². The monoisotopic (exact) mass is 307 g/mol. The number of aliphatic hydroxyl groups excluding tert-OH is 1. The molecule has 1 saturated carbocycles. The summed E-state index contributed by atoms with van der Waals surface area (Å²) in [6.45, 7) is -0.323. The first kappa shape index (κ1) is 14.7. The van der Waals surface area contributed by atoms with E-state index in [1.165, 1.54) is 22.5 Å². The van der Waals surface area contributed by atoms with Gasteiger partial charge >= 0.3 is 0 Å². The van der Waals surface area contributed by atoms with Crippen molar-refractivity contribution < 1.29 is 17.9 Å². The highest BCUT2D eigenvalue weighted by Crippen LogP contribution is 2.31. The highest BCUT2D eigenvalue weighted by Gasteiger charge is 2.36. The molecule has 1 N–H and O–H groups in total. The minimum absolute atomic E-state index is 0.0288. The number of sulfonamides is 1. The topological polar surface area (TPSA) is 57.6 Å². The molecule has 4 nitrogen and oxygen atoms in total. The summed E-state index contributed by atoms with van der Waals surface area (Å²) >= 11 is 5.62. The molecule has 1 aliphatic rings. The fourth-order valence-electron chi connectivity index (χ4n) is 2.08. The molecule has 0 bridgehead atoms. The van der Waals surface area contributed by atoms with E-state index in [9.17, 15) is 12.8 Å². The van der Waals surface area contributed by atoms with Gasteiger partial charge in [-0.3, -0.25) is 0 Å². The molecule has 0 saturated heterocycles. The van der Waals surface area contributed by atoms with Gasteiger partial charge in [0.15, 0.2) is 5.82 Å². The fourth-order valence-corrected chi connectivity index (χ4v) is 4.08. The van der Waals surface area contributed by atoms with Crippen LogP contribution in [0.2, 0.25) is 5.02 Å². The first-order valence-electron chi connectivity index (χ1n) is 6.05. The van der Waals surface area contributed by atoms with Crippen molar-refractivity contribution in [2.45, 2.75) is 30.2 Å². The Bertz CT molecular complexity index is 560. The second kappa shape index (κ2) is 5.75. The first-order chi connectivity index (χ1) is 8.98. The standard InChI is InChI=1S/C12H15ClFNO3S/c13-10-5-2-6-11(12(10)14)19(17,18)15(7-8-16)9-3-1-4-9/h2,5-6,9,16H,1,3-4,7-8H2. The third kappa shape index (κ3) is 2.76. The van der Waals surface area contributed by atoms with Crippen molar-refractivity contribution in [2.24, 2.45) is 0 Å². The van der Waals surface area contributed by atoms with E-state index < -0.39 is 20.7 Å². The molecule has 0 amide bonds. The molecule has 1 aromatic carbocycles. The fraction of sp³-hybridized carbons (Fsp3) is 0.500. The van der Waals surface area contributed by atoms with Crippen LogP contribution in [-0.4, -0.2) is 37.0 Å². The zero-order valence-corrected chi connectivity index (χ0v) is 11.8. The van der Waals surface area contributed by atoms with E-state index in [2.05, 4.69) is 0 Å². The summed E-state index contributed by atoms with van der Waals surface area (Å²) < 4.78 is 39.9. The predicted octanol–water partition coefficient (Wildman–Crippen LogP) is 2.01. The van der Waals surface area contributed by atoms with Gasteiger partial charge in [0.25, 0.3) is 0 Å². The Morgan fingerprint density at radius 3 is 2.63 bits per heavy atom. The van der Waals surface area contributed by atoms with Crippen molar-refractivity contribution in [3.63, 3.8) is 0 Å². The molecule has 0 unspecified atom stereocenters. The van der Waals surface area contributed by atoms with Crippen LogP contribution in [0.15, 0.2) is 23.1 Å². The van der Waals surface area contributed by atoms with E-state index in [0.717, 1.165) is 19.3 Å². The normalized spacial score (nSPS) is 16.6. The molecule has 1 fully saturated rings. The zero-order valence-electron chi connectivity index (χ0n) is 10.2. The van der Waals surface area contributed by atoms with Gasteiger partial charge in [0, 0.05) is 12.6 Å². The summed E-state index contributed by atoms with van der Waals surface area (Å²) in [6, 6.07) is 3.74. The maximum Gasteiger partial charge on any atom is 0.246 e. The maximum absolute atomic E-state index is 13.9. The SMILES string of the molecule is O=S(=O)(c1cccc(Cl)c1F)N(CCO)C1CCC1. The molecule has 0 atom stereocenters. The van der Waals surface area contributed by atoms with Crippen molar-refractivity contribution in [2.75, 3.05) is 13.2 Å². The summed E-state index contributed by atoms with van der Waals surface area (Å²) in [7, 11) is -3.96. The maximum atomic E-state index is 13.9. The molecular weight excluding hydrogens is 293 g/mol. The molecule has 0 radical (unpaired) electrons. The number of halogens is 2. The van der Waals surface area contributed by atoms with Crippen LogP contribution in [0, 0.1) is 5.82 Å². The summed E-state index contributed by atoms with van der Waals surface area (Å²) in [4.78, 5) is -0.430. The molecule has 2 rings (SSSR count). The van der Waals surface area contributed by atoms with Crippen LogP contribution in [0.4, 0.5) is 4.39 Å². The van der Waals surface area contributed by atoms with E-state index >= 15 is 0 Å². The molecule has 1 aromatic rings. The number of nitrogens with zero attached hydrogens (tertiary/aromatic N) is 1. The third-order valence-electron chi connectivity index (χ3n) is 3.31. The van der Waals surface area contributed by atoms with E-state index in [1.807, 2.05) is 0 Å². The average molecular weight is 308 g/mol. The van der Waals surface area contributed by atoms with E-state index in [-0.39, 0.29) is 24.2 Å². The highest BCUT2D eigenvalue weighted by atomic mass is 35.5. The van der Waals surface area contributed by atoms with Gasteiger partial charge in [-0.05, 0) is 25.0 Å². The van der Waals surface area contributed by atoms with Gasteiger partial charge in [0.1, 0.15) is 4.90 Å². The molecule has 0 aromatic heterocycles. The summed E-state index contributed by atoms with van der Waals surface area (Å²) in [5.41, 5.74) is 0. The number of hydrogen-bond acceptors (Lipinski definition) is 3. The van der Waals surface area contributed by atoms with E-state index in [0.29, 0.717) is 0 Å². The number of aliphatic hydroxyl groups is 1. The second-order valence-electron chi connectivity index (χ2n) is 4.48. The summed E-state index contributed by atoms with van der Waals surface area (Å²) in [6.07, 6.45) is 2.42. The lowest BCUT2D eigenvalue weighted by Gasteiger charge is -2.36. The van der Waals surface area contributed by atoms with Gasteiger partial charge in [-0.2, -0.15) is 4.31 Å². The van der Waals surface area contributed by atoms with Crippen molar-refractivity contribution in [1.29, 1.82) is 0 Å². The Labute approximate surface area is 116 Å². The van der Waals surface area contributed by atoms with Gasteiger partial charge in [0.05, 0.1) is 11.6 Å². The number of hydrogen-bond donors (Lipinski definition) is 1. The molecule has 0 spiro atoms. The zero-order chi connectivity index (χ0) is 14.0. The molecular formula is C12H15ClFNO3S. The lowest BCUT2D eigenvalue weighted by atomic mass is 9.93. The van der Waals surface area contributed by atoms with Gasteiger partial charge in [0.2, 0.25) is 10.0 Å². The smallest absolute Gasteiger partial charge is 0.246 e. The molecule has 0 aliphatic heterocycles.